The van der Waals surface area contributed by atoms with E-state index in [-0.39, 0.29) is 0 Å². The van der Waals surface area contributed by atoms with Gasteiger partial charge in [0.05, 0.1) is 12.8 Å². The quantitative estimate of drug-likeness (QED) is 0.111. The number of carboxylic acid groups (broad SMARTS) is 3. The molecule has 0 aliphatic carbocycles. The minimum Gasteiger partial charge on any atom is -0.481 e. The highest BCUT2D eigenvalue weighted by atomic mass is 19.1. The van der Waals surface area contributed by atoms with Crippen molar-refractivity contribution in [2.75, 3.05) is 6.67 Å². The standard InChI is InChI=1S/C24H37FN4O12/c1-11(2)19(22(39)27-13(8-17(33)34)15(30)10-25)29-20(37)12(6-7-16(31)32)26-21(38)14(9-18(35)36)28-23(40)41-24(3,4)5/h11-14,19H,6-10H2,1-5H3,(H,26,38)(H,27,39)(H,28,40)(H,29,37)(H,31,32)(H,33,34)(H,35,36)/t12-,13-,14-,19-/m0/s1. The maximum atomic E-state index is 13.1. The molecule has 0 rings (SSSR count). The lowest BCUT2D eigenvalue weighted by molar-refractivity contribution is -0.142. The number of alkyl halides is 1. The number of Topliss-reactive ketones (excluding diaryl/α,β-unsaturated/α-hetero) is 1. The van der Waals surface area contributed by atoms with E-state index < -0.39 is 116 Å². The van der Waals surface area contributed by atoms with E-state index in [0.717, 1.165) is 0 Å². The molecule has 0 aromatic carbocycles. The second kappa shape index (κ2) is 16.7. The molecule has 0 aliphatic heterocycles. The average molecular weight is 593 g/mol. The Hall–Kier alpha value is -4.31. The fraction of sp³-hybridized carbons (Fsp3) is 0.667. The number of hydrogen-bond acceptors (Lipinski definition) is 9. The Balaban J connectivity index is 5.92. The normalized spacial score (nSPS) is 14.0. The number of carboxylic acids is 3. The summed E-state index contributed by atoms with van der Waals surface area (Å²) in [7, 11) is 0. The third-order valence-corrected chi connectivity index (χ3v) is 5.13. The first-order valence-electron chi connectivity index (χ1n) is 12.4. The van der Waals surface area contributed by atoms with Crippen molar-refractivity contribution in [1.82, 2.24) is 21.3 Å². The third-order valence-electron chi connectivity index (χ3n) is 5.13. The Kier molecular flexibility index (Phi) is 15.0. The molecule has 16 nitrogen and oxygen atoms in total. The molecule has 0 unspecified atom stereocenters. The molecule has 4 atom stereocenters. The number of rotatable bonds is 17. The summed E-state index contributed by atoms with van der Waals surface area (Å²) in [6.07, 6.45) is -4.16. The van der Waals surface area contributed by atoms with E-state index >= 15 is 0 Å². The number of carbonyl (C=O) groups is 8. The molecule has 0 bridgehead atoms. The molecule has 7 N–H and O–H groups in total. The van der Waals surface area contributed by atoms with Crippen LogP contribution in [0.25, 0.3) is 0 Å². The summed E-state index contributed by atoms with van der Waals surface area (Å²) in [5.74, 6) is -9.60. The first-order valence-corrected chi connectivity index (χ1v) is 12.4. The van der Waals surface area contributed by atoms with E-state index in [0.29, 0.717) is 0 Å². The van der Waals surface area contributed by atoms with Crippen LogP contribution in [0.15, 0.2) is 0 Å². The van der Waals surface area contributed by atoms with Crippen molar-refractivity contribution in [3.05, 3.63) is 0 Å². The van der Waals surface area contributed by atoms with Crippen molar-refractivity contribution in [1.29, 1.82) is 0 Å². The van der Waals surface area contributed by atoms with Gasteiger partial charge in [0, 0.05) is 6.42 Å². The summed E-state index contributed by atoms with van der Waals surface area (Å²) < 4.78 is 17.9. The van der Waals surface area contributed by atoms with E-state index in [1.165, 1.54) is 34.6 Å². The molecule has 0 saturated carbocycles. The molecule has 0 aromatic rings. The van der Waals surface area contributed by atoms with Crippen molar-refractivity contribution < 1.29 is 62.8 Å². The lowest BCUT2D eigenvalue weighted by Gasteiger charge is -2.27. The van der Waals surface area contributed by atoms with Crippen molar-refractivity contribution in [2.24, 2.45) is 5.92 Å². The second-order valence-electron chi connectivity index (χ2n) is 10.3. The maximum absolute atomic E-state index is 13.1. The largest absolute Gasteiger partial charge is 0.481 e. The van der Waals surface area contributed by atoms with Crippen molar-refractivity contribution in [3.8, 4) is 0 Å². The van der Waals surface area contributed by atoms with Crippen LogP contribution in [-0.4, -0.2) is 99.3 Å². The van der Waals surface area contributed by atoms with Gasteiger partial charge in [-0.3, -0.25) is 33.6 Å². The van der Waals surface area contributed by atoms with Gasteiger partial charge < -0.3 is 41.3 Å². The van der Waals surface area contributed by atoms with Crippen molar-refractivity contribution >= 4 is 47.5 Å². The van der Waals surface area contributed by atoms with Gasteiger partial charge in [0.25, 0.3) is 0 Å². The van der Waals surface area contributed by atoms with Crippen molar-refractivity contribution in [3.63, 3.8) is 0 Å². The Labute approximate surface area is 234 Å². The van der Waals surface area contributed by atoms with Gasteiger partial charge in [-0.2, -0.15) is 0 Å². The fourth-order valence-electron chi connectivity index (χ4n) is 3.21. The predicted octanol–water partition coefficient (Wildman–Crippen LogP) is -0.657. The minimum absolute atomic E-state index is 0.520. The molecular weight excluding hydrogens is 555 g/mol. The van der Waals surface area contributed by atoms with Crippen LogP contribution < -0.4 is 21.3 Å². The highest BCUT2D eigenvalue weighted by Crippen LogP contribution is 2.09. The Morgan fingerprint density at radius 2 is 1.20 bits per heavy atom. The second-order valence-corrected chi connectivity index (χ2v) is 10.3. The summed E-state index contributed by atoms with van der Waals surface area (Å²) in [6, 6.07) is -6.58. The predicted molar refractivity (Wildman–Crippen MR) is 136 cm³/mol. The molecule has 4 amide bonds. The highest BCUT2D eigenvalue weighted by Gasteiger charge is 2.34. The van der Waals surface area contributed by atoms with Gasteiger partial charge in [0.15, 0.2) is 5.78 Å². The molecule has 0 fully saturated rings. The lowest BCUT2D eigenvalue weighted by atomic mass is 10.0. The number of aliphatic carboxylic acids is 3. The fourth-order valence-corrected chi connectivity index (χ4v) is 3.21. The van der Waals surface area contributed by atoms with Gasteiger partial charge in [0.1, 0.15) is 36.4 Å². The van der Waals surface area contributed by atoms with Gasteiger partial charge in [-0.15, -0.1) is 0 Å². The van der Waals surface area contributed by atoms with Gasteiger partial charge in [0.2, 0.25) is 17.7 Å². The lowest BCUT2D eigenvalue weighted by Crippen LogP contribution is -2.59. The number of carbonyl (C=O) groups excluding carboxylic acids is 5. The zero-order valence-electron chi connectivity index (χ0n) is 23.3. The average Bonchev–Trinajstić information content (AvgIpc) is 2.81. The zero-order valence-corrected chi connectivity index (χ0v) is 23.3. The van der Waals surface area contributed by atoms with Gasteiger partial charge >= 0.3 is 24.0 Å². The van der Waals surface area contributed by atoms with E-state index in [9.17, 15) is 42.7 Å². The van der Waals surface area contributed by atoms with Crippen LogP contribution in [0.4, 0.5) is 9.18 Å². The topological polar surface area (TPSA) is 255 Å². The molecule has 0 heterocycles. The first kappa shape index (κ1) is 36.7. The highest BCUT2D eigenvalue weighted by molar-refractivity contribution is 5.97. The molecule has 0 aliphatic rings. The van der Waals surface area contributed by atoms with Gasteiger partial charge in [-0.05, 0) is 33.1 Å². The number of ether oxygens (including phenoxy) is 1. The smallest absolute Gasteiger partial charge is 0.408 e. The number of nitrogens with one attached hydrogen (secondary N) is 4. The molecular formula is C24H37FN4O12. The third kappa shape index (κ3) is 15.2. The van der Waals surface area contributed by atoms with Crippen LogP contribution >= 0.6 is 0 Å². The Morgan fingerprint density at radius 3 is 1.63 bits per heavy atom. The Bertz CT molecular complexity index is 1010. The number of alkyl carbamates (subject to hydrolysis) is 1. The monoisotopic (exact) mass is 592 g/mol. The molecule has 0 saturated heterocycles. The van der Waals surface area contributed by atoms with E-state index in [1.807, 2.05) is 0 Å². The van der Waals surface area contributed by atoms with E-state index in [1.54, 1.807) is 0 Å². The van der Waals surface area contributed by atoms with E-state index in [2.05, 4.69) is 21.3 Å². The Morgan fingerprint density at radius 1 is 0.707 bits per heavy atom. The van der Waals surface area contributed by atoms with Crippen LogP contribution in [0.1, 0.15) is 60.3 Å². The van der Waals surface area contributed by atoms with E-state index in [4.69, 9.17) is 20.1 Å². The van der Waals surface area contributed by atoms with Gasteiger partial charge in [-0.25, -0.2) is 9.18 Å². The summed E-state index contributed by atoms with van der Waals surface area (Å²) in [6.45, 7) is 5.92. The zero-order chi connectivity index (χ0) is 32.1. The van der Waals surface area contributed by atoms with Crippen LogP contribution in [0.5, 0.6) is 0 Å². The number of hydrogen-bond donors (Lipinski definition) is 7. The summed E-state index contributed by atoms with van der Waals surface area (Å²) in [5.41, 5.74) is -0.997. The molecule has 0 spiro atoms. The van der Waals surface area contributed by atoms with Crippen LogP contribution in [0, 0.1) is 5.92 Å². The van der Waals surface area contributed by atoms with Gasteiger partial charge in [-0.1, -0.05) is 13.8 Å². The summed E-state index contributed by atoms with van der Waals surface area (Å²) in [4.78, 5) is 96.0. The van der Waals surface area contributed by atoms with Crippen LogP contribution in [-0.2, 0) is 38.3 Å². The first-order chi connectivity index (χ1) is 18.8. The minimum atomic E-state index is -1.74. The maximum Gasteiger partial charge on any atom is 0.408 e. The summed E-state index contributed by atoms with van der Waals surface area (Å²) in [5, 5.41) is 35.7. The number of halogens is 1. The van der Waals surface area contributed by atoms with Crippen LogP contribution in [0.3, 0.4) is 0 Å². The van der Waals surface area contributed by atoms with Crippen LogP contribution in [0.2, 0.25) is 0 Å². The molecule has 0 aromatic heterocycles. The number of ketones is 1. The molecule has 17 heteroatoms. The van der Waals surface area contributed by atoms with Crippen molar-refractivity contribution in [2.45, 2.75) is 90.1 Å². The number of amides is 4. The SMILES string of the molecule is CC(C)[C@H](NC(=O)[C@H](CCC(=O)O)NC(=O)[C@H](CC(=O)O)NC(=O)OC(C)(C)C)C(=O)N[C@@H](CC(=O)O)C(=O)CF. The molecule has 232 valence electrons. The molecule has 0 radical (unpaired) electrons. The summed E-state index contributed by atoms with van der Waals surface area (Å²) >= 11 is 0. The molecule has 41 heavy (non-hydrogen) atoms.